The van der Waals surface area contributed by atoms with E-state index in [4.69, 9.17) is 5.73 Å². The van der Waals surface area contributed by atoms with Crippen LogP contribution in [-0.4, -0.2) is 22.4 Å². The predicted octanol–water partition coefficient (Wildman–Crippen LogP) is 1.66. The second-order valence-corrected chi connectivity index (χ2v) is 4.08. The van der Waals surface area contributed by atoms with Gasteiger partial charge in [0.1, 0.15) is 5.82 Å². The first-order valence-corrected chi connectivity index (χ1v) is 5.63. The fourth-order valence-corrected chi connectivity index (χ4v) is 1.58. The third-order valence-corrected chi connectivity index (χ3v) is 2.48. The largest absolute Gasteiger partial charge is 0.369 e. The molecule has 4 heteroatoms. The lowest BCUT2D eigenvalue weighted by atomic mass is 10.1. The topological polar surface area (TPSA) is 55.9 Å². The smallest absolute Gasteiger partial charge is 0.124 e. The summed E-state index contributed by atoms with van der Waals surface area (Å²) in [6.45, 7) is 4.99. The first-order valence-electron chi connectivity index (χ1n) is 5.63. The van der Waals surface area contributed by atoms with Crippen molar-refractivity contribution in [2.24, 2.45) is 12.8 Å². The Morgan fingerprint density at radius 3 is 2.87 bits per heavy atom. The Labute approximate surface area is 91.8 Å². The number of aryl methyl sites for hydroxylation is 2. The Hall–Kier alpha value is -1.03. The molecule has 0 spiro atoms. The lowest BCUT2D eigenvalue weighted by Crippen LogP contribution is -2.29. The number of unbranched alkanes of at least 4 members (excludes halogenated alkanes) is 1. The van der Waals surface area contributed by atoms with E-state index < -0.39 is 0 Å². The predicted molar refractivity (Wildman–Crippen MR) is 63.9 cm³/mol. The average Bonchev–Trinajstić information content (AvgIpc) is 2.51. The van der Waals surface area contributed by atoms with Gasteiger partial charge in [0.2, 0.25) is 0 Å². The van der Waals surface area contributed by atoms with Crippen LogP contribution < -0.4 is 11.1 Å². The van der Waals surface area contributed by atoms with Gasteiger partial charge in [-0.05, 0) is 13.3 Å². The van der Waals surface area contributed by atoms with E-state index in [2.05, 4.69) is 17.3 Å². The number of nitrogens with zero attached hydrogens (tertiary/aromatic N) is 2. The quantitative estimate of drug-likeness (QED) is 0.750. The summed E-state index contributed by atoms with van der Waals surface area (Å²) in [5, 5.41) is 7.58. The molecule has 0 radical (unpaired) electrons. The number of rotatable bonds is 6. The summed E-state index contributed by atoms with van der Waals surface area (Å²) in [5.74, 6) is 1.04. The average molecular weight is 210 g/mol. The molecule has 4 nitrogen and oxygen atoms in total. The van der Waals surface area contributed by atoms with Gasteiger partial charge in [-0.15, -0.1) is 0 Å². The van der Waals surface area contributed by atoms with Gasteiger partial charge in [0.05, 0.1) is 5.69 Å². The fraction of sp³-hybridized carbons (Fsp3) is 0.727. The zero-order chi connectivity index (χ0) is 11.3. The van der Waals surface area contributed by atoms with Crippen molar-refractivity contribution >= 4 is 5.82 Å². The molecular formula is C11H22N4. The lowest BCUT2D eigenvalue weighted by molar-refractivity contribution is 0.593. The monoisotopic (exact) mass is 210 g/mol. The van der Waals surface area contributed by atoms with Gasteiger partial charge in [-0.2, -0.15) is 5.10 Å². The van der Waals surface area contributed by atoms with Gasteiger partial charge < -0.3 is 11.1 Å². The standard InChI is InChI=1S/C11H22N4/c1-4-5-6-10(12)8-13-11-7-9(2)14-15(11)3/h7,10,13H,4-6,8,12H2,1-3H3. The number of nitrogens with one attached hydrogen (secondary N) is 1. The first kappa shape index (κ1) is 12.0. The molecule has 1 aromatic rings. The van der Waals surface area contributed by atoms with Crippen molar-refractivity contribution in [1.82, 2.24) is 9.78 Å². The summed E-state index contributed by atoms with van der Waals surface area (Å²) < 4.78 is 1.85. The second kappa shape index (κ2) is 5.75. The van der Waals surface area contributed by atoms with Crippen LogP contribution in [0.3, 0.4) is 0 Å². The van der Waals surface area contributed by atoms with E-state index in [1.54, 1.807) is 0 Å². The number of anilines is 1. The number of aromatic nitrogens is 2. The molecular weight excluding hydrogens is 188 g/mol. The number of nitrogens with two attached hydrogens (primary N) is 1. The second-order valence-electron chi connectivity index (χ2n) is 4.08. The summed E-state index contributed by atoms with van der Waals surface area (Å²) in [5.41, 5.74) is 7.00. The Balaban J connectivity index is 2.33. The fourth-order valence-electron chi connectivity index (χ4n) is 1.58. The van der Waals surface area contributed by atoms with Crippen LogP contribution in [0.4, 0.5) is 5.82 Å². The molecule has 15 heavy (non-hydrogen) atoms. The molecule has 0 saturated carbocycles. The molecule has 0 aliphatic heterocycles. The molecule has 0 amide bonds. The maximum absolute atomic E-state index is 5.97. The van der Waals surface area contributed by atoms with Crippen molar-refractivity contribution in [3.8, 4) is 0 Å². The van der Waals surface area contributed by atoms with E-state index >= 15 is 0 Å². The lowest BCUT2D eigenvalue weighted by Gasteiger charge is -2.12. The molecule has 86 valence electrons. The SMILES string of the molecule is CCCCC(N)CNc1cc(C)nn1C. The highest BCUT2D eigenvalue weighted by molar-refractivity contribution is 5.36. The van der Waals surface area contributed by atoms with E-state index in [1.165, 1.54) is 12.8 Å². The van der Waals surface area contributed by atoms with Crippen LogP contribution in [0.25, 0.3) is 0 Å². The molecule has 3 N–H and O–H groups in total. The third kappa shape index (κ3) is 3.91. The van der Waals surface area contributed by atoms with Crippen LogP contribution in [-0.2, 0) is 7.05 Å². The molecule has 0 aliphatic carbocycles. The molecule has 0 aromatic carbocycles. The minimum atomic E-state index is 0.236. The first-order chi connectivity index (χ1) is 7.13. The summed E-state index contributed by atoms with van der Waals surface area (Å²) in [6.07, 6.45) is 3.49. The normalized spacial score (nSPS) is 12.8. The Morgan fingerprint density at radius 1 is 1.60 bits per heavy atom. The molecule has 0 aliphatic rings. The summed E-state index contributed by atoms with van der Waals surface area (Å²) >= 11 is 0. The van der Waals surface area contributed by atoms with Crippen LogP contribution in [0.15, 0.2) is 6.07 Å². The minimum Gasteiger partial charge on any atom is -0.369 e. The van der Waals surface area contributed by atoms with Crippen LogP contribution in [0.1, 0.15) is 31.9 Å². The van der Waals surface area contributed by atoms with Crippen molar-refractivity contribution in [2.45, 2.75) is 39.2 Å². The van der Waals surface area contributed by atoms with E-state index in [9.17, 15) is 0 Å². The molecule has 1 unspecified atom stereocenters. The maximum atomic E-state index is 5.97. The van der Waals surface area contributed by atoms with Crippen LogP contribution in [0.2, 0.25) is 0 Å². The number of hydrogen-bond acceptors (Lipinski definition) is 3. The molecule has 1 aromatic heterocycles. The zero-order valence-corrected chi connectivity index (χ0v) is 9.95. The van der Waals surface area contributed by atoms with E-state index in [0.717, 1.165) is 24.5 Å². The zero-order valence-electron chi connectivity index (χ0n) is 9.95. The van der Waals surface area contributed by atoms with Gasteiger partial charge in [0, 0.05) is 25.7 Å². The third-order valence-electron chi connectivity index (χ3n) is 2.48. The Morgan fingerprint density at radius 2 is 2.33 bits per heavy atom. The van der Waals surface area contributed by atoms with Crippen molar-refractivity contribution < 1.29 is 0 Å². The van der Waals surface area contributed by atoms with Crippen LogP contribution >= 0.6 is 0 Å². The number of hydrogen-bond donors (Lipinski definition) is 2. The highest BCUT2D eigenvalue weighted by Crippen LogP contribution is 2.08. The van der Waals surface area contributed by atoms with Crippen molar-refractivity contribution in [3.05, 3.63) is 11.8 Å². The molecule has 1 heterocycles. The van der Waals surface area contributed by atoms with E-state index in [1.807, 2.05) is 24.7 Å². The Bertz CT molecular complexity index is 293. The molecule has 0 saturated heterocycles. The van der Waals surface area contributed by atoms with Crippen molar-refractivity contribution in [3.63, 3.8) is 0 Å². The minimum absolute atomic E-state index is 0.236. The van der Waals surface area contributed by atoms with Crippen LogP contribution in [0.5, 0.6) is 0 Å². The van der Waals surface area contributed by atoms with Crippen LogP contribution in [0, 0.1) is 6.92 Å². The molecule has 1 atom stereocenters. The Kier molecular flexibility index (Phi) is 4.62. The highest BCUT2D eigenvalue weighted by atomic mass is 15.3. The highest BCUT2D eigenvalue weighted by Gasteiger charge is 2.04. The van der Waals surface area contributed by atoms with Gasteiger partial charge in [0.15, 0.2) is 0 Å². The van der Waals surface area contributed by atoms with Gasteiger partial charge in [0.25, 0.3) is 0 Å². The van der Waals surface area contributed by atoms with Gasteiger partial charge in [-0.1, -0.05) is 19.8 Å². The van der Waals surface area contributed by atoms with E-state index in [0.29, 0.717) is 0 Å². The van der Waals surface area contributed by atoms with Crippen molar-refractivity contribution in [2.75, 3.05) is 11.9 Å². The summed E-state index contributed by atoms with van der Waals surface area (Å²) in [6, 6.07) is 2.27. The summed E-state index contributed by atoms with van der Waals surface area (Å²) in [7, 11) is 1.94. The molecule has 0 fully saturated rings. The molecule has 0 bridgehead atoms. The molecule has 1 rings (SSSR count). The van der Waals surface area contributed by atoms with Gasteiger partial charge in [-0.3, -0.25) is 4.68 Å². The summed E-state index contributed by atoms with van der Waals surface area (Å²) in [4.78, 5) is 0. The van der Waals surface area contributed by atoms with Gasteiger partial charge >= 0.3 is 0 Å². The van der Waals surface area contributed by atoms with E-state index in [-0.39, 0.29) is 6.04 Å². The van der Waals surface area contributed by atoms with Gasteiger partial charge in [-0.25, -0.2) is 0 Å². The van der Waals surface area contributed by atoms with Crippen molar-refractivity contribution in [1.29, 1.82) is 0 Å². The maximum Gasteiger partial charge on any atom is 0.124 e.